The Labute approximate surface area is 108 Å². The van der Waals surface area contributed by atoms with Gasteiger partial charge < -0.3 is 5.73 Å². The van der Waals surface area contributed by atoms with Crippen molar-refractivity contribution in [2.45, 2.75) is 19.5 Å². The molecule has 1 aromatic rings. The summed E-state index contributed by atoms with van der Waals surface area (Å²) >= 11 is 3.40. The average Bonchev–Trinajstić information content (AvgIpc) is 2.18. The number of hydrogen-bond donors (Lipinski definition) is 3. The number of nitrogens with one attached hydrogen (secondary N) is 1. The Morgan fingerprint density at radius 3 is 2.35 bits per heavy atom. The highest BCUT2D eigenvalue weighted by atomic mass is 79.9. The minimum atomic E-state index is -0.507. The maximum absolute atomic E-state index is 5.97. The van der Waals surface area contributed by atoms with Gasteiger partial charge >= 0.3 is 5.96 Å². The molecule has 5 nitrogen and oxygen atoms in total. The zero-order chi connectivity index (χ0) is 12.6. The molecule has 1 heterocycles. The molecule has 5 N–H and O–H groups in total. The van der Waals surface area contributed by atoms with E-state index in [1.165, 1.54) is 0 Å². The lowest BCUT2D eigenvalue weighted by molar-refractivity contribution is -0.527. The molecule has 0 atom stereocenters. The first kappa shape index (κ1) is 11.9. The van der Waals surface area contributed by atoms with Crippen molar-refractivity contribution < 1.29 is 4.58 Å². The second-order valence-corrected chi connectivity index (χ2v) is 5.23. The molecular weight excluding hydrogens is 282 g/mol. The van der Waals surface area contributed by atoms with Crippen molar-refractivity contribution in [2.24, 2.45) is 16.5 Å². The first-order chi connectivity index (χ1) is 7.90. The predicted molar refractivity (Wildman–Crippen MR) is 72.1 cm³/mol. The fraction of sp³-hybridized carbons (Fsp3) is 0.273. The molecular formula is C11H15BrN5+. The molecule has 1 aliphatic heterocycles. The fourth-order valence-electron chi connectivity index (χ4n) is 1.90. The van der Waals surface area contributed by atoms with Crippen LogP contribution in [0.1, 0.15) is 13.8 Å². The first-order valence-corrected chi connectivity index (χ1v) is 6.00. The Morgan fingerprint density at radius 2 is 1.82 bits per heavy atom. The van der Waals surface area contributed by atoms with Crippen molar-refractivity contribution >= 4 is 33.5 Å². The van der Waals surface area contributed by atoms with Crippen LogP contribution in [0.3, 0.4) is 0 Å². The molecule has 1 aromatic carbocycles. The molecule has 0 aromatic heterocycles. The van der Waals surface area contributed by atoms with E-state index in [2.05, 4.69) is 26.2 Å². The van der Waals surface area contributed by atoms with Gasteiger partial charge in [0.05, 0.1) is 0 Å². The Bertz CT molecular complexity index is 501. The smallest absolute Gasteiger partial charge is 0.357 e. The third kappa shape index (κ3) is 2.26. The van der Waals surface area contributed by atoms with Gasteiger partial charge in [0.15, 0.2) is 5.66 Å². The van der Waals surface area contributed by atoms with E-state index in [0.29, 0.717) is 11.9 Å². The third-order valence-electron chi connectivity index (χ3n) is 2.52. The highest BCUT2D eigenvalue weighted by Gasteiger charge is 2.33. The molecule has 0 unspecified atom stereocenters. The summed E-state index contributed by atoms with van der Waals surface area (Å²) in [5.41, 5.74) is 12.1. The van der Waals surface area contributed by atoms with E-state index in [1.54, 1.807) is 0 Å². The zero-order valence-electron chi connectivity index (χ0n) is 9.74. The molecule has 2 rings (SSSR count). The minimum Gasteiger partial charge on any atom is -0.357 e. The number of nitrogens with two attached hydrogens (primary N) is 2. The van der Waals surface area contributed by atoms with Crippen molar-refractivity contribution in [3.8, 4) is 0 Å². The van der Waals surface area contributed by atoms with Gasteiger partial charge in [-0.3, -0.25) is 5.73 Å². The van der Waals surface area contributed by atoms with Crippen LogP contribution in [0.4, 0.5) is 5.69 Å². The highest BCUT2D eigenvalue weighted by molar-refractivity contribution is 9.10. The molecule has 0 bridgehead atoms. The largest absolute Gasteiger partial charge is 0.357 e. The number of halogens is 1. The molecule has 0 saturated heterocycles. The first-order valence-electron chi connectivity index (χ1n) is 5.21. The molecule has 90 valence electrons. The van der Waals surface area contributed by atoms with Gasteiger partial charge in [-0.05, 0) is 38.1 Å². The molecule has 1 aliphatic rings. The van der Waals surface area contributed by atoms with Crippen LogP contribution in [0.25, 0.3) is 0 Å². The molecule has 0 amide bonds. The lowest BCUT2D eigenvalue weighted by Crippen LogP contribution is -2.55. The Kier molecular flexibility index (Phi) is 2.82. The lowest BCUT2D eigenvalue weighted by Gasteiger charge is -2.28. The van der Waals surface area contributed by atoms with Crippen LogP contribution in [0.5, 0.6) is 0 Å². The fourth-order valence-corrected chi connectivity index (χ4v) is 2.16. The van der Waals surface area contributed by atoms with Crippen molar-refractivity contribution in [2.75, 3.05) is 0 Å². The number of rotatable bonds is 1. The van der Waals surface area contributed by atoms with Crippen molar-refractivity contribution in [3.05, 3.63) is 28.7 Å². The highest BCUT2D eigenvalue weighted by Crippen LogP contribution is 2.25. The molecule has 0 aliphatic carbocycles. The summed E-state index contributed by atoms with van der Waals surface area (Å²) in [5.74, 6) is 0.811. The van der Waals surface area contributed by atoms with Gasteiger partial charge in [-0.25, -0.2) is 9.89 Å². The van der Waals surface area contributed by atoms with E-state index in [-0.39, 0.29) is 0 Å². The van der Waals surface area contributed by atoms with Gasteiger partial charge in [0, 0.05) is 4.47 Å². The van der Waals surface area contributed by atoms with Crippen LogP contribution in [0.15, 0.2) is 33.7 Å². The molecule has 17 heavy (non-hydrogen) atoms. The Hall–Kier alpha value is -1.56. The number of nitrogens with zero attached hydrogens (tertiary/aromatic N) is 2. The maximum Gasteiger partial charge on any atom is 0.357 e. The van der Waals surface area contributed by atoms with E-state index in [1.807, 2.05) is 42.7 Å². The Morgan fingerprint density at radius 1 is 1.24 bits per heavy atom. The van der Waals surface area contributed by atoms with Gasteiger partial charge in [-0.15, -0.1) is 0 Å². The van der Waals surface area contributed by atoms with E-state index in [0.717, 1.165) is 10.2 Å². The standard InChI is InChI=1S/C11H14BrN5/c1-11(2)16-9(13)15-10(14)17(11)8-5-3-7(12)4-6-8/h3-6H,1-2H3,(H4,13,14,15,16)/p+1. The van der Waals surface area contributed by atoms with Gasteiger partial charge in [0.1, 0.15) is 5.69 Å². The van der Waals surface area contributed by atoms with Crippen LogP contribution in [0, 0.1) is 0 Å². The topological polar surface area (TPSA) is 79.4 Å². The maximum atomic E-state index is 5.97. The zero-order valence-corrected chi connectivity index (χ0v) is 11.3. The summed E-state index contributed by atoms with van der Waals surface area (Å²) in [6.07, 6.45) is 0. The molecule has 0 fully saturated rings. The Balaban J connectivity index is 2.50. The number of benzene rings is 1. The van der Waals surface area contributed by atoms with Gasteiger partial charge in [-0.2, -0.15) is 4.99 Å². The molecule has 0 saturated carbocycles. The predicted octanol–water partition coefficient (Wildman–Crippen LogP) is 1.06. The number of guanidine groups is 2. The van der Waals surface area contributed by atoms with Crippen molar-refractivity contribution in [3.63, 3.8) is 0 Å². The summed E-state index contributed by atoms with van der Waals surface area (Å²) in [5, 5.41) is 2.83. The number of aliphatic imine (C=N–C) groups is 1. The summed E-state index contributed by atoms with van der Waals surface area (Å²) < 4.78 is 2.92. The lowest BCUT2D eigenvalue weighted by atomic mass is 10.2. The summed E-state index contributed by atoms with van der Waals surface area (Å²) in [6, 6.07) is 7.86. The van der Waals surface area contributed by atoms with Gasteiger partial charge in [0.2, 0.25) is 0 Å². The van der Waals surface area contributed by atoms with Crippen molar-refractivity contribution in [1.82, 2.24) is 5.32 Å². The summed E-state index contributed by atoms with van der Waals surface area (Å²) in [6.45, 7) is 3.91. The van der Waals surface area contributed by atoms with Crippen LogP contribution in [0.2, 0.25) is 0 Å². The second-order valence-electron chi connectivity index (χ2n) is 4.31. The summed E-state index contributed by atoms with van der Waals surface area (Å²) in [4.78, 5) is 4.34. The van der Waals surface area contributed by atoms with E-state index >= 15 is 0 Å². The number of hydrogen-bond acceptors (Lipinski definition) is 4. The molecule has 0 radical (unpaired) electrons. The SMILES string of the molecule is CC1(C)N=C(N)NC(N)=[N+]1c1ccc(Br)cc1. The van der Waals surface area contributed by atoms with Crippen LogP contribution in [-0.2, 0) is 0 Å². The monoisotopic (exact) mass is 296 g/mol. The summed E-state index contributed by atoms with van der Waals surface area (Å²) in [7, 11) is 0. The van der Waals surface area contributed by atoms with Gasteiger partial charge in [0.25, 0.3) is 5.96 Å². The van der Waals surface area contributed by atoms with Gasteiger partial charge in [-0.1, -0.05) is 15.9 Å². The van der Waals surface area contributed by atoms with E-state index in [9.17, 15) is 0 Å². The van der Waals surface area contributed by atoms with E-state index in [4.69, 9.17) is 11.5 Å². The molecule has 6 heteroatoms. The second kappa shape index (κ2) is 4.03. The van der Waals surface area contributed by atoms with Crippen LogP contribution >= 0.6 is 15.9 Å². The third-order valence-corrected chi connectivity index (χ3v) is 3.05. The van der Waals surface area contributed by atoms with Crippen LogP contribution in [-0.4, -0.2) is 22.2 Å². The van der Waals surface area contributed by atoms with Crippen molar-refractivity contribution in [1.29, 1.82) is 0 Å². The minimum absolute atomic E-state index is 0.334. The van der Waals surface area contributed by atoms with E-state index < -0.39 is 5.66 Å². The normalized spacial score (nSPS) is 18.6. The quantitative estimate of drug-likeness (QED) is 0.678. The van der Waals surface area contributed by atoms with Crippen LogP contribution < -0.4 is 16.8 Å². The average molecular weight is 297 g/mol. The molecule has 0 spiro atoms.